The Labute approximate surface area is 118 Å². The second-order valence-corrected chi connectivity index (χ2v) is 4.88. The number of rotatable bonds is 6. The molecule has 20 heavy (non-hydrogen) atoms. The lowest BCUT2D eigenvalue weighted by Gasteiger charge is -2.25. The van der Waals surface area contributed by atoms with E-state index in [1.54, 1.807) is 36.1 Å². The molecule has 1 aromatic carbocycles. The molecule has 1 N–H and O–H groups in total. The number of nitriles is 1. The number of hydrogen-bond acceptors (Lipinski definition) is 4. The summed E-state index contributed by atoms with van der Waals surface area (Å²) in [4.78, 5) is 14.0. The lowest BCUT2D eigenvalue weighted by Crippen LogP contribution is -2.43. The maximum Gasteiger partial charge on any atom is 0.263 e. The molecule has 106 valence electrons. The molecule has 5 nitrogen and oxygen atoms in total. The molecular weight excluding hydrogens is 256 g/mol. The van der Waals surface area contributed by atoms with Gasteiger partial charge in [0.15, 0.2) is 6.10 Å². The molecule has 0 bridgehead atoms. The minimum atomic E-state index is -0.602. The van der Waals surface area contributed by atoms with Gasteiger partial charge >= 0.3 is 0 Å². The van der Waals surface area contributed by atoms with E-state index in [9.17, 15) is 4.79 Å². The van der Waals surface area contributed by atoms with Gasteiger partial charge in [0.25, 0.3) is 5.91 Å². The number of benzene rings is 1. The van der Waals surface area contributed by atoms with Crippen LogP contribution < -0.4 is 4.74 Å². The Balaban J connectivity index is 1.97. The zero-order valence-electron chi connectivity index (χ0n) is 11.5. The van der Waals surface area contributed by atoms with Crippen molar-refractivity contribution in [2.45, 2.75) is 31.9 Å². The van der Waals surface area contributed by atoms with Gasteiger partial charge in [0.2, 0.25) is 0 Å². The van der Waals surface area contributed by atoms with Crippen LogP contribution in [-0.4, -0.2) is 41.2 Å². The van der Waals surface area contributed by atoms with Crippen LogP contribution in [0.2, 0.25) is 0 Å². The van der Waals surface area contributed by atoms with Crippen LogP contribution in [0.3, 0.4) is 0 Å². The van der Waals surface area contributed by atoms with Gasteiger partial charge in [0.1, 0.15) is 5.75 Å². The van der Waals surface area contributed by atoms with Crippen LogP contribution in [0.1, 0.15) is 25.3 Å². The fourth-order valence-electron chi connectivity index (χ4n) is 2.06. The predicted octanol–water partition coefficient (Wildman–Crippen LogP) is 1.31. The summed E-state index contributed by atoms with van der Waals surface area (Å²) in [6, 6.07) is 8.94. The van der Waals surface area contributed by atoms with Crippen molar-refractivity contribution in [1.29, 1.82) is 5.26 Å². The molecule has 5 heteroatoms. The maximum absolute atomic E-state index is 12.3. The minimum absolute atomic E-state index is 0.0359. The van der Waals surface area contributed by atoms with E-state index < -0.39 is 6.10 Å². The van der Waals surface area contributed by atoms with Gasteiger partial charge in [-0.15, -0.1) is 0 Å². The molecule has 0 aromatic heterocycles. The normalized spacial score (nSPS) is 15.2. The number of carbonyl (C=O) groups is 1. The Hall–Kier alpha value is -2.06. The summed E-state index contributed by atoms with van der Waals surface area (Å²) >= 11 is 0. The third kappa shape index (κ3) is 3.49. The summed E-state index contributed by atoms with van der Waals surface area (Å²) in [5.74, 6) is 0.454. The zero-order chi connectivity index (χ0) is 14.5. The Bertz CT molecular complexity index is 503. The molecule has 0 radical (unpaired) electrons. The Morgan fingerprint density at radius 3 is 2.65 bits per heavy atom. The van der Waals surface area contributed by atoms with E-state index in [4.69, 9.17) is 15.1 Å². The van der Waals surface area contributed by atoms with E-state index in [-0.39, 0.29) is 18.6 Å². The van der Waals surface area contributed by atoms with Crippen molar-refractivity contribution in [2.75, 3.05) is 13.2 Å². The number of carbonyl (C=O) groups excluding carboxylic acids is 1. The first-order chi connectivity index (χ1) is 9.65. The fourth-order valence-corrected chi connectivity index (χ4v) is 2.06. The highest BCUT2D eigenvalue weighted by Crippen LogP contribution is 2.27. The monoisotopic (exact) mass is 274 g/mol. The molecule has 1 atom stereocenters. The molecule has 2 rings (SSSR count). The first-order valence-corrected chi connectivity index (χ1v) is 6.74. The third-order valence-electron chi connectivity index (χ3n) is 3.26. The number of aliphatic hydroxyl groups excluding tert-OH is 1. The molecule has 1 fully saturated rings. The van der Waals surface area contributed by atoms with Gasteiger partial charge in [-0.05, 0) is 44.0 Å². The van der Waals surface area contributed by atoms with Gasteiger partial charge in [-0.2, -0.15) is 5.26 Å². The highest BCUT2D eigenvalue weighted by molar-refractivity contribution is 5.81. The topological polar surface area (TPSA) is 73.6 Å². The highest BCUT2D eigenvalue weighted by atomic mass is 16.5. The third-order valence-corrected chi connectivity index (χ3v) is 3.26. The first kappa shape index (κ1) is 14.4. The van der Waals surface area contributed by atoms with Crippen molar-refractivity contribution >= 4 is 5.91 Å². The number of hydrogen-bond donors (Lipinski definition) is 1. The minimum Gasteiger partial charge on any atom is -0.481 e. The summed E-state index contributed by atoms with van der Waals surface area (Å²) in [6.07, 6.45) is 1.39. The molecule has 0 saturated heterocycles. The largest absolute Gasteiger partial charge is 0.481 e. The van der Waals surface area contributed by atoms with Gasteiger partial charge < -0.3 is 14.7 Å². The molecule has 0 aliphatic heterocycles. The van der Waals surface area contributed by atoms with Gasteiger partial charge in [0.05, 0.1) is 18.2 Å². The van der Waals surface area contributed by atoms with Crippen LogP contribution in [0.4, 0.5) is 0 Å². The molecule has 1 aliphatic carbocycles. The van der Waals surface area contributed by atoms with Crippen molar-refractivity contribution in [1.82, 2.24) is 4.90 Å². The smallest absolute Gasteiger partial charge is 0.263 e. The van der Waals surface area contributed by atoms with Crippen LogP contribution in [-0.2, 0) is 4.79 Å². The molecule has 1 aliphatic rings. The van der Waals surface area contributed by atoms with Crippen LogP contribution in [0, 0.1) is 11.3 Å². The van der Waals surface area contributed by atoms with Gasteiger partial charge in [-0.25, -0.2) is 0 Å². The van der Waals surface area contributed by atoms with E-state index in [1.165, 1.54) is 0 Å². The number of aliphatic hydroxyl groups is 1. The van der Waals surface area contributed by atoms with Crippen molar-refractivity contribution < 1.29 is 14.6 Å². The summed E-state index contributed by atoms with van der Waals surface area (Å²) < 4.78 is 5.60. The summed E-state index contributed by atoms with van der Waals surface area (Å²) in [5.41, 5.74) is 0.552. The van der Waals surface area contributed by atoms with E-state index in [0.29, 0.717) is 17.9 Å². The Kier molecular flexibility index (Phi) is 4.59. The van der Waals surface area contributed by atoms with E-state index in [2.05, 4.69) is 0 Å². The van der Waals surface area contributed by atoms with Crippen molar-refractivity contribution in [3.8, 4) is 11.8 Å². The zero-order valence-corrected chi connectivity index (χ0v) is 11.5. The molecule has 1 saturated carbocycles. The number of ether oxygens (including phenoxy) is 1. The quantitative estimate of drug-likeness (QED) is 0.848. The van der Waals surface area contributed by atoms with E-state index in [1.807, 2.05) is 6.07 Å². The van der Waals surface area contributed by atoms with Crippen molar-refractivity contribution in [2.24, 2.45) is 0 Å². The van der Waals surface area contributed by atoms with Crippen LogP contribution in [0.5, 0.6) is 5.75 Å². The van der Waals surface area contributed by atoms with Crippen LogP contribution in [0.15, 0.2) is 24.3 Å². The van der Waals surface area contributed by atoms with Gasteiger partial charge in [0, 0.05) is 12.6 Å². The maximum atomic E-state index is 12.3. The second kappa shape index (κ2) is 6.40. The number of amides is 1. The molecular formula is C15H18N2O3. The summed E-state index contributed by atoms with van der Waals surface area (Å²) in [6.45, 7) is 2.02. The number of nitrogens with zero attached hydrogens (tertiary/aromatic N) is 2. The lowest BCUT2D eigenvalue weighted by atomic mass is 10.2. The van der Waals surface area contributed by atoms with Crippen LogP contribution in [0.25, 0.3) is 0 Å². The van der Waals surface area contributed by atoms with E-state index in [0.717, 1.165) is 12.8 Å². The fraction of sp³-hybridized carbons (Fsp3) is 0.467. The molecule has 1 unspecified atom stereocenters. The average molecular weight is 274 g/mol. The first-order valence-electron chi connectivity index (χ1n) is 6.74. The van der Waals surface area contributed by atoms with Gasteiger partial charge in [-0.3, -0.25) is 4.79 Å². The molecule has 0 spiro atoms. The van der Waals surface area contributed by atoms with Crippen molar-refractivity contribution in [3.05, 3.63) is 29.8 Å². The lowest BCUT2D eigenvalue weighted by molar-refractivity contribution is -0.139. The predicted molar refractivity (Wildman–Crippen MR) is 73.1 cm³/mol. The highest BCUT2D eigenvalue weighted by Gasteiger charge is 2.34. The molecule has 0 heterocycles. The Morgan fingerprint density at radius 2 is 2.15 bits per heavy atom. The van der Waals surface area contributed by atoms with E-state index >= 15 is 0 Å². The van der Waals surface area contributed by atoms with Crippen LogP contribution >= 0.6 is 0 Å². The average Bonchev–Trinajstić information content (AvgIpc) is 3.29. The second-order valence-electron chi connectivity index (χ2n) is 4.88. The standard InChI is InChI=1S/C15H18N2O3/c1-11(15(19)17(8-9-18)13-4-5-13)20-14-6-2-12(10-16)3-7-14/h2-3,6-7,11,13,18H,4-5,8-9H2,1H3. The Morgan fingerprint density at radius 1 is 1.50 bits per heavy atom. The summed E-state index contributed by atoms with van der Waals surface area (Å²) in [7, 11) is 0. The van der Waals surface area contributed by atoms with Crippen molar-refractivity contribution in [3.63, 3.8) is 0 Å². The molecule has 1 amide bonds. The van der Waals surface area contributed by atoms with Gasteiger partial charge in [-0.1, -0.05) is 0 Å². The summed E-state index contributed by atoms with van der Waals surface area (Å²) in [5, 5.41) is 17.7. The SMILES string of the molecule is CC(Oc1ccc(C#N)cc1)C(=O)N(CCO)C1CC1. The molecule has 1 aromatic rings.